The van der Waals surface area contributed by atoms with E-state index in [1.54, 1.807) is 0 Å². The summed E-state index contributed by atoms with van der Waals surface area (Å²) in [5.41, 5.74) is 10.0. The van der Waals surface area contributed by atoms with E-state index in [1.807, 2.05) is 146 Å². The summed E-state index contributed by atoms with van der Waals surface area (Å²) in [6.45, 7) is 0. The van der Waals surface area contributed by atoms with Gasteiger partial charge < -0.3 is 4.57 Å². The average Bonchev–Trinajstić information content (AvgIpc) is 3.77. The molecule has 12 rings (SSSR count). The number of hydrogen-bond donors (Lipinski definition) is 0. The summed E-state index contributed by atoms with van der Waals surface area (Å²) in [6, 6.07) is 66.1. The lowest BCUT2D eigenvalue weighted by Gasteiger charge is -2.17. The fourth-order valence-corrected chi connectivity index (χ4v) is 8.57. The Labute approximate surface area is 394 Å². The van der Waals surface area contributed by atoms with Crippen LogP contribution in [-0.2, 0) is 0 Å². The standard InChI is InChI=1S/C60H39N7/c1-7-19-40(20-8-1)46-31-34-49-50-35-32-47(41-21-9-2-10-22-41)39-54(50)67(53(49)38-46)52-36-33-48(59-63-55(42-23-11-3-12-24-42)61-56(64-59)43-25-13-4-14-26-43)37-51(52)60-65-57(44-27-15-5-16-28-44)62-58(66-60)45-29-17-6-18-30-45/h1-39H/i5D,15D,16D,27D,28D. The van der Waals surface area contributed by atoms with E-state index < -0.39 is 30.2 Å². The Balaban J connectivity index is 1.20. The van der Waals surface area contributed by atoms with Crippen LogP contribution >= 0.6 is 0 Å². The van der Waals surface area contributed by atoms with E-state index in [2.05, 4.69) is 65.2 Å². The van der Waals surface area contributed by atoms with Gasteiger partial charge in [0, 0.05) is 44.2 Å². The fourth-order valence-electron chi connectivity index (χ4n) is 8.57. The molecule has 3 aromatic heterocycles. The third-order valence-electron chi connectivity index (χ3n) is 11.8. The van der Waals surface area contributed by atoms with E-state index in [0.717, 1.165) is 55.2 Å². The molecule has 7 heteroatoms. The van der Waals surface area contributed by atoms with Gasteiger partial charge in [0.15, 0.2) is 34.9 Å². The molecule has 0 saturated carbocycles. The van der Waals surface area contributed by atoms with Crippen molar-refractivity contribution in [2.45, 2.75) is 0 Å². The quantitative estimate of drug-likeness (QED) is 0.144. The summed E-state index contributed by atoms with van der Waals surface area (Å²) in [6.07, 6.45) is 0. The second-order valence-electron chi connectivity index (χ2n) is 16.0. The molecule has 0 bridgehead atoms. The Kier molecular flexibility index (Phi) is 8.72. The summed E-state index contributed by atoms with van der Waals surface area (Å²) >= 11 is 0. The highest BCUT2D eigenvalue weighted by Gasteiger charge is 2.23. The minimum Gasteiger partial charge on any atom is -0.308 e. The van der Waals surface area contributed by atoms with Crippen LogP contribution in [0.3, 0.4) is 0 Å². The highest BCUT2D eigenvalue weighted by molar-refractivity contribution is 6.11. The number of fused-ring (bicyclic) bond motifs is 3. The van der Waals surface area contributed by atoms with Crippen molar-refractivity contribution in [3.63, 3.8) is 0 Å². The number of aromatic nitrogens is 7. The zero-order valence-corrected chi connectivity index (χ0v) is 35.8. The maximum absolute atomic E-state index is 9.07. The second-order valence-corrected chi connectivity index (χ2v) is 16.0. The topological polar surface area (TPSA) is 82.3 Å². The van der Waals surface area contributed by atoms with Crippen LogP contribution in [0, 0.1) is 0 Å². The Morgan fingerprint density at radius 2 is 0.642 bits per heavy atom. The molecular weight excluding hydrogens is 819 g/mol. The SMILES string of the molecule is [2H]c1c([2H])c([2H])c(-c2nc(-c3ccccc3)nc(-c3cc(-c4nc(-c5ccccc5)nc(-c5ccccc5)n4)ccc3-n3c4cc(-c5ccccc5)ccc4c4ccc(-c5ccccc5)cc43)n2)c([2H])c1[2H]. The first-order valence-electron chi connectivity index (χ1n) is 24.4. The van der Waals surface area contributed by atoms with Crippen LogP contribution in [0.4, 0.5) is 0 Å². The largest absolute Gasteiger partial charge is 0.308 e. The Bertz CT molecular complexity index is 3840. The molecule has 0 spiro atoms. The number of nitrogens with zero attached hydrogens (tertiary/aromatic N) is 7. The van der Waals surface area contributed by atoms with Gasteiger partial charge in [0.2, 0.25) is 0 Å². The van der Waals surface area contributed by atoms with Gasteiger partial charge in [-0.15, -0.1) is 0 Å². The molecule has 0 amide bonds. The van der Waals surface area contributed by atoms with Crippen LogP contribution < -0.4 is 0 Å². The lowest BCUT2D eigenvalue weighted by atomic mass is 10.0. The minimum absolute atomic E-state index is 0.0787. The first kappa shape index (κ1) is 34.2. The summed E-state index contributed by atoms with van der Waals surface area (Å²) in [5, 5.41) is 2.05. The summed E-state index contributed by atoms with van der Waals surface area (Å²) in [4.78, 5) is 30.3. The Morgan fingerprint density at radius 1 is 0.284 bits per heavy atom. The summed E-state index contributed by atoms with van der Waals surface area (Å²) < 4.78 is 46.1. The number of hydrogen-bond acceptors (Lipinski definition) is 6. The van der Waals surface area contributed by atoms with Gasteiger partial charge in [-0.2, -0.15) is 0 Å². The monoisotopic (exact) mass is 862 g/mol. The zero-order chi connectivity index (χ0) is 48.9. The van der Waals surface area contributed by atoms with Crippen LogP contribution in [0.25, 0.3) is 118 Å². The molecule has 0 radical (unpaired) electrons. The minimum atomic E-state index is -0.514. The predicted octanol–water partition coefficient (Wildman–Crippen LogP) is 14.5. The van der Waals surface area contributed by atoms with E-state index in [9.17, 15) is 0 Å². The molecular formula is C60H39N7. The van der Waals surface area contributed by atoms with Gasteiger partial charge in [-0.1, -0.05) is 206 Å². The van der Waals surface area contributed by atoms with Gasteiger partial charge in [-0.05, 0) is 52.6 Å². The van der Waals surface area contributed by atoms with Crippen molar-refractivity contribution in [3.8, 4) is 96.3 Å². The van der Waals surface area contributed by atoms with Gasteiger partial charge in [0.1, 0.15) is 0 Å². The molecule has 0 aliphatic rings. The van der Waals surface area contributed by atoms with Crippen LogP contribution in [0.5, 0.6) is 0 Å². The molecule has 0 N–H and O–H groups in total. The van der Waals surface area contributed by atoms with Crippen LogP contribution in [-0.4, -0.2) is 34.5 Å². The highest BCUT2D eigenvalue weighted by Crippen LogP contribution is 2.41. The molecule has 0 unspecified atom stereocenters. The molecule has 0 fully saturated rings. The van der Waals surface area contributed by atoms with Crippen LogP contribution in [0.1, 0.15) is 6.85 Å². The van der Waals surface area contributed by atoms with E-state index in [0.29, 0.717) is 39.9 Å². The van der Waals surface area contributed by atoms with Crippen molar-refractivity contribution in [1.29, 1.82) is 0 Å². The van der Waals surface area contributed by atoms with Gasteiger partial charge in [-0.3, -0.25) is 0 Å². The fraction of sp³-hybridized carbons (Fsp3) is 0. The molecule has 3 heterocycles. The van der Waals surface area contributed by atoms with Crippen molar-refractivity contribution in [1.82, 2.24) is 34.5 Å². The lowest BCUT2D eigenvalue weighted by molar-refractivity contribution is 1.06. The van der Waals surface area contributed by atoms with Gasteiger partial charge >= 0.3 is 0 Å². The van der Waals surface area contributed by atoms with E-state index in [1.165, 1.54) is 0 Å². The molecule has 9 aromatic carbocycles. The summed E-state index contributed by atoms with van der Waals surface area (Å²) in [5.74, 6) is 1.74. The van der Waals surface area contributed by atoms with Crippen molar-refractivity contribution in [3.05, 3.63) is 236 Å². The van der Waals surface area contributed by atoms with Crippen molar-refractivity contribution in [2.75, 3.05) is 0 Å². The zero-order valence-electron chi connectivity index (χ0n) is 40.8. The maximum atomic E-state index is 9.07. The van der Waals surface area contributed by atoms with E-state index >= 15 is 0 Å². The van der Waals surface area contributed by atoms with E-state index in [-0.39, 0.29) is 23.0 Å². The normalized spacial score (nSPS) is 12.3. The predicted molar refractivity (Wildman–Crippen MR) is 271 cm³/mol. The maximum Gasteiger partial charge on any atom is 0.166 e. The van der Waals surface area contributed by atoms with Crippen molar-refractivity contribution < 1.29 is 6.85 Å². The molecule has 67 heavy (non-hydrogen) atoms. The molecule has 0 saturated heterocycles. The lowest BCUT2D eigenvalue weighted by Crippen LogP contribution is -2.05. The first-order valence-corrected chi connectivity index (χ1v) is 21.9. The van der Waals surface area contributed by atoms with Crippen LogP contribution in [0.15, 0.2) is 236 Å². The van der Waals surface area contributed by atoms with Crippen molar-refractivity contribution >= 4 is 21.8 Å². The van der Waals surface area contributed by atoms with Gasteiger partial charge in [-0.25, -0.2) is 29.9 Å². The molecule has 0 aliphatic carbocycles. The van der Waals surface area contributed by atoms with E-state index in [4.69, 9.17) is 36.8 Å². The second kappa shape index (κ2) is 17.1. The van der Waals surface area contributed by atoms with Gasteiger partial charge in [0.25, 0.3) is 0 Å². The molecule has 7 nitrogen and oxygen atoms in total. The Hall–Kier alpha value is -9.20. The molecule has 0 atom stereocenters. The Morgan fingerprint density at radius 3 is 1.07 bits per heavy atom. The third kappa shape index (κ3) is 7.60. The smallest absolute Gasteiger partial charge is 0.166 e. The highest BCUT2D eigenvalue weighted by atomic mass is 15.1. The number of rotatable bonds is 9. The molecule has 12 aromatic rings. The summed E-state index contributed by atoms with van der Waals surface area (Å²) in [7, 11) is 0. The molecule has 314 valence electrons. The van der Waals surface area contributed by atoms with Crippen molar-refractivity contribution in [2.24, 2.45) is 0 Å². The van der Waals surface area contributed by atoms with Gasteiger partial charge in [0.05, 0.1) is 23.6 Å². The average molecular weight is 863 g/mol. The van der Waals surface area contributed by atoms with Crippen LogP contribution in [0.2, 0.25) is 0 Å². The number of benzene rings is 9. The first-order chi connectivity index (χ1) is 35.3. The third-order valence-corrected chi connectivity index (χ3v) is 11.8. The molecule has 0 aliphatic heterocycles.